The molecule has 0 saturated heterocycles. The van der Waals surface area contributed by atoms with Crippen molar-refractivity contribution in [2.45, 2.75) is 19.6 Å². The number of fused-ring (bicyclic) bond motifs is 1. The minimum atomic E-state index is -0.0920. The summed E-state index contributed by atoms with van der Waals surface area (Å²) in [6.07, 6.45) is 2.68. The first kappa shape index (κ1) is 18.7. The van der Waals surface area contributed by atoms with Crippen molar-refractivity contribution in [1.29, 1.82) is 0 Å². The van der Waals surface area contributed by atoms with E-state index in [1.807, 2.05) is 67.0 Å². The van der Waals surface area contributed by atoms with Gasteiger partial charge in [0.05, 0.1) is 17.4 Å². The van der Waals surface area contributed by atoms with Crippen LogP contribution in [-0.2, 0) is 13.2 Å². The Morgan fingerprint density at radius 3 is 2.69 bits per heavy atom. The van der Waals surface area contributed by atoms with Crippen LogP contribution in [0.1, 0.15) is 22.3 Å². The van der Waals surface area contributed by atoms with Crippen LogP contribution in [0.25, 0.3) is 11.0 Å². The highest BCUT2D eigenvalue weighted by molar-refractivity contribution is 5.94. The molecule has 0 saturated carbocycles. The first-order chi connectivity index (χ1) is 14.3. The van der Waals surface area contributed by atoms with Crippen molar-refractivity contribution in [1.82, 2.24) is 14.9 Å². The van der Waals surface area contributed by atoms with Gasteiger partial charge in [-0.25, -0.2) is 4.98 Å². The van der Waals surface area contributed by atoms with Crippen molar-refractivity contribution in [3.05, 3.63) is 96.3 Å². The predicted molar refractivity (Wildman–Crippen MR) is 114 cm³/mol. The molecule has 0 aliphatic rings. The summed E-state index contributed by atoms with van der Waals surface area (Å²) in [5.41, 5.74) is 3.80. The number of benzene rings is 3. The van der Waals surface area contributed by atoms with Gasteiger partial charge in [-0.2, -0.15) is 0 Å². The van der Waals surface area contributed by atoms with E-state index in [-0.39, 0.29) is 5.91 Å². The van der Waals surface area contributed by atoms with Crippen LogP contribution in [0, 0.1) is 0 Å². The maximum absolute atomic E-state index is 12.5. The first-order valence-electron chi connectivity index (χ1n) is 9.74. The number of aromatic nitrogens is 2. The average molecular weight is 385 g/mol. The zero-order chi connectivity index (χ0) is 19.9. The van der Waals surface area contributed by atoms with E-state index < -0.39 is 0 Å². The molecule has 1 N–H and O–H groups in total. The molecule has 0 aliphatic carbocycles. The second-order valence-corrected chi connectivity index (χ2v) is 6.84. The Balaban J connectivity index is 1.27. The van der Waals surface area contributed by atoms with Crippen molar-refractivity contribution in [3.8, 4) is 5.75 Å². The van der Waals surface area contributed by atoms with E-state index in [9.17, 15) is 4.79 Å². The smallest absolute Gasteiger partial charge is 0.251 e. The molecule has 0 unspecified atom stereocenters. The molecule has 1 heterocycles. The predicted octanol–water partition coefficient (Wildman–Crippen LogP) is 4.44. The molecule has 0 bridgehead atoms. The standard InChI is InChI=1S/C24H23N3O2/c28-24(25-14-7-15-27-18-26-22-12-4-5-13-23(22)27)20-10-6-11-21(16-20)29-17-19-8-2-1-3-9-19/h1-6,8-13,16,18H,7,14-15,17H2,(H,25,28). The molecule has 1 amide bonds. The number of hydrogen-bond donors (Lipinski definition) is 1. The van der Waals surface area contributed by atoms with Crippen LogP contribution in [0.4, 0.5) is 0 Å². The molecule has 0 radical (unpaired) electrons. The van der Waals surface area contributed by atoms with Gasteiger partial charge >= 0.3 is 0 Å². The van der Waals surface area contributed by atoms with Crippen LogP contribution in [0.2, 0.25) is 0 Å². The monoisotopic (exact) mass is 385 g/mol. The Morgan fingerprint density at radius 1 is 0.966 bits per heavy atom. The van der Waals surface area contributed by atoms with Crippen molar-refractivity contribution in [3.63, 3.8) is 0 Å². The largest absolute Gasteiger partial charge is 0.489 e. The van der Waals surface area contributed by atoms with Gasteiger partial charge in [0.15, 0.2) is 0 Å². The lowest BCUT2D eigenvalue weighted by atomic mass is 10.2. The van der Waals surface area contributed by atoms with Crippen LogP contribution in [0.5, 0.6) is 5.75 Å². The van der Waals surface area contributed by atoms with E-state index in [2.05, 4.69) is 20.9 Å². The van der Waals surface area contributed by atoms with Crippen LogP contribution in [0.15, 0.2) is 85.2 Å². The van der Waals surface area contributed by atoms with Gasteiger partial charge in [0, 0.05) is 18.7 Å². The lowest BCUT2D eigenvalue weighted by molar-refractivity contribution is 0.0952. The van der Waals surface area contributed by atoms with E-state index in [0.29, 0.717) is 24.5 Å². The Morgan fingerprint density at radius 2 is 1.79 bits per heavy atom. The molecule has 0 aliphatic heterocycles. The fourth-order valence-corrected chi connectivity index (χ4v) is 3.21. The third-order valence-corrected chi connectivity index (χ3v) is 4.73. The number of amides is 1. The minimum Gasteiger partial charge on any atom is -0.489 e. The number of para-hydroxylation sites is 2. The first-order valence-corrected chi connectivity index (χ1v) is 9.74. The lowest BCUT2D eigenvalue weighted by Crippen LogP contribution is -2.25. The number of ether oxygens (including phenoxy) is 1. The van der Waals surface area contributed by atoms with E-state index in [1.54, 1.807) is 12.1 Å². The molecular weight excluding hydrogens is 362 g/mol. The summed E-state index contributed by atoms with van der Waals surface area (Å²) in [6.45, 7) is 1.88. The quantitative estimate of drug-likeness (QED) is 0.456. The van der Waals surface area contributed by atoms with Gasteiger partial charge in [-0.1, -0.05) is 48.5 Å². The summed E-state index contributed by atoms with van der Waals surface area (Å²) in [6, 6.07) is 25.3. The van der Waals surface area contributed by atoms with Crippen LogP contribution >= 0.6 is 0 Å². The third kappa shape index (κ3) is 4.82. The highest BCUT2D eigenvalue weighted by Gasteiger charge is 2.07. The molecule has 1 aromatic heterocycles. The van der Waals surface area contributed by atoms with Crippen molar-refractivity contribution in [2.75, 3.05) is 6.54 Å². The van der Waals surface area contributed by atoms with E-state index in [4.69, 9.17) is 4.74 Å². The minimum absolute atomic E-state index is 0.0920. The molecular formula is C24H23N3O2. The normalized spacial score (nSPS) is 10.8. The fraction of sp³-hybridized carbons (Fsp3) is 0.167. The van der Waals surface area contributed by atoms with Gasteiger partial charge in [0.25, 0.3) is 5.91 Å². The van der Waals surface area contributed by atoms with E-state index >= 15 is 0 Å². The maximum atomic E-state index is 12.5. The second kappa shape index (κ2) is 9.06. The topological polar surface area (TPSA) is 56.2 Å². The number of carbonyl (C=O) groups excluding carboxylic acids is 1. The number of hydrogen-bond acceptors (Lipinski definition) is 3. The van der Waals surface area contributed by atoms with Crippen molar-refractivity contribution in [2.24, 2.45) is 0 Å². The van der Waals surface area contributed by atoms with Gasteiger partial charge < -0.3 is 14.6 Å². The van der Waals surface area contributed by atoms with Crippen LogP contribution in [-0.4, -0.2) is 22.0 Å². The van der Waals surface area contributed by atoms with Crippen LogP contribution < -0.4 is 10.1 Å². The molecule has 29 heavy (non-hydrogen) atoms. The number of rotatable bonds is 8. The molecule has 0 spiro atoms. The molecule has 3 aromatic carbocycles. The Bertz CT molecular complexity index is 1090. The molecule has 4 rings (SSSR count). The molecule has 0 atom stereocenters. The number of imidazole rings is 1. The molecule has 0 fully saturated rings. The van der Waals surface area contributed by atoms with Gasteiger partial charge in [0.1, 0.15) is 12.4 Å². The Labute approximate surface area is 170 Å². The van der Waals surface area contributed by atoms with Gasteiger partial charge in [-0.15, -0.1) is 0 Å². The lowest BCUT2D eigenvalue weighted by Gasteiger charge is -2.09. The summed E-state index contributed by atoms with van der Waals surface area (Å²) < 4.78 is 7.92. The molecule has 146 valence electrons. The van der Waals surface area contributed by atoms with Gasteiger partial charge in [-0.3, -0.25) is 4.79 Å². The molecule has 5 heteroatoms. The zero-order valence-corrected chi connectivity index (χ0v) is 16.1. The van der Waals surface area contributed by atoms with Gasteiger partial charge in [0.2, 0.25) is 0 Å². The van der Waals surface area contributed by atoms with Gasteiger partial charge in [-0.05, 0) is 42.3 Å². The fourth-order valence-electron chi connectivity index (χ4n) is 3.21. The summed E-state index contributed by atoms with van der Waals surface area (Å²) in [5.74, 6) is 0.594. The number of aryl methyl sites for hydroxylation is 1. The Kier molecular flexibility index (Phi) is 5.86. The van der Waals surface area contributed by atoms with Crippen molar-refractivity contribution >= 4 is 16.9 Å². The SMILES string of the molecule is O=C(NCCCn1cnc2ccccc21)c1cccc(OCc2ccccc2)c1. The summed E-state index contributed by atoms with van der Waals surface area (Å²) in [5, 5.41) is 2.98. The summed E-state index contributed by atoms with van der Waals surface area (Å²) in [4.78, 5) is 16.8. The summed E-state index contributed by atoms with van der Waals surface area (Å²) in [7, 11) is 0. The zero-order valence-electron chi connectivity index (χ0n) is 16.1. The number of nitrogens with one attached hydrogen (secondary N) is 1. The van der Waals surface area contributed by atoms with Crippen molar-refractivity contribution < 1.29 is 9.53 Å². The molecule has 5 nitrogen and oxygen atoms in total. The Hall–Kier alpha value is -3.60. The highest BCUT2D eigenvalue weighted by Crippen LogP contribution is 2.15. The summed E-state index contributed by atoms with van der Waals surface area (Å²) >= 11 is 0. The van der Waals surface area contributed by atoms with Crippen LogP contribution in [0.3, 0.4) is 0 Å². The average Bonchev–Trinajstić information content (AvgIpc) is 3.19. The highest BCUT2D eigenvalue weighted by atomic mass is 16.5. The van der Waals surface area contributed by atoms with E-state index in [0.717, 1.165) is 29.6 Å². The maximum Gasteiger partial charge on any atom is 0.251 e. The number of nitrogens with zero attached hydrogens (tertiary/aromatic N) is 2. The number of carbonyl (C=O) groups is 1. The second-order valence-electron chi connectivity index (χ2n) is 6.84. The van der Waals surface area contributed by atoms with E-state index in [1.165, 1.54) is 0 Å². The third-order valence-electron chi connectivity index (χ3n) is 4.73. The molecule has 4 aromatic rings.